The average Bonchev–Trinajstić information content (AvgIpc) is 2.26. The summed E-state index contributed by atoms with van der Waals surface area (Å²) in [4.78, 5) is 10.7. The van der Waals surface area contributed by atoms with Crippen molar-refractivity contribution in [1.82, 2.24) is 0 Å². The Bertz CT molecular complexity index is 429. The average molecular weight is 208 g/mol. The van der Waals surface area contributed by atoms with E-state index in [1.165, 1.54) is 19.2 Å². The molecule has 78 valence electrons. The lowest BCUT2D eigenvalue weighted by Gasteiger charge is -1.98. The second-order valence-corrected chi connectivity index (χ2v) is 2.71. The zero-order valence-electron chi connectivity index (χ0n) is 8.08. The van der Waals surface area contributed by atoms with Crippen molar-refractivity contribution in [2.24, 2.45) is 0 Å². The molecule has 0 aliphatic carbocycles. The molecule has 0 unspecified atom stereocenters. The third-order valence-corrected chi connectivity index (χ3v) is 1.72. The number of hydrogen-bond acceptors (Lipinski definition) is 3. The highest BCUT2D eigenvalue weighted by Gasteiger charge is 2.00. The van der Waals surface area contributed by atoms with Gasteiger partial charge in [0.2, 0.25) is 0 Å². The summed E-state index contributed by atoms with van der Waals surface area (Å²) in [6, 6.07) is 4.09. The highest BCUT2D eigenvalue weighted by Crippen LogP contribution is 2.09. The predicted molar refractivity (Wildman–Crippen MR) is 51.2 cm³/mol. The molecule has 0 saturated heterocycles. The molecule has 0 amide bonds. The maximum Gasteiger partial charge on any atom is 0.384 e. The first-order valence-electron chi connectivity index (χ1n) is 4.16. The molecule has 0 radical (unpaired) electrons. The summed E-state index contributed by atoms with van der Waals surface area (Å²) in [6.07, 6.45) is 0. The van der Waals surface area contributed by atoms with Gasteiger partial charge < -0.3 is 9.84 Å². The molecule has 0 aliphatic rings. The van der Waals surface area contributed by atoms with Crippen molar-refractivity contribution >= 4 is 5.97 Å². The number of methoxy groups -OCH3 is 1. The number of aliphatic hydroxyl groups excluding tert-OH is 1. The van der Waals surface area contributed by atoms with Gasteiger partial charge >= 0.3 is 5.97 Å². The number of hydrogen-bond donors (Lipinski definition) is 1. The molecule has 1 rings (SSSR count). The van der Waals surface area contributed by atoms with Gasteiger partial charge in [-0.05, 0) is 12.1 Å². The molecule has 1 aromatic rings. The molecule has 0 atom stereocenters. The fraction of sp³-hybridized carbons (Fsp3) is 0.182. The molecular weight excluding hydrogens is 199 g/mol. The van der Waals surface area contributed by atoms with Gasteiger partial charge in [-0.1, -0.05) is 12.0 Å². The van der Waals surface area contributed by atoms with E-state index in [0.717, 1.165) is 6.07 Å². The summed E-state index contributed by atoms with van der Waals surface area (Å²) >= 11 is 0. The molecule has 1 N–H and O–H groups in total. The van der Waals surface area contributed by atoms with Crippen LogP contribution in [0.15, 0.2) is 18.2 Å². The van der Waals surface area contributed by atoms with E-state index in [0.29, 0.717) is 5.56 Å². The van der Waals surface area contributed by atoms with E-state index in [4.69, 9.17) is 5.11 Å². The first-order valence-corrected chi connectivity index (χ1v) is 4.16. The molecule has 1 aromatic carbocycles. The highest BCUT2D eigenvalue weighted by atomic mass is 19.1. The molecule has 0 bridgehead atoms. The third kappa shape index (κ3) is 3.08. The van der Waals surface area contributed by atoms with Crippen LogP contribution in [0, 0.1) is 17.7 Å². The second-order valence-electron chi connectivity index (χ2n) is 2.71. The summed E-state index contributed by atoms with van der Waals surface area (Å²) in [5.41, 5.74) is 0.550. The topological polar surface area (TPSA) is 46.5 Å². The number of carbonyl (C=O) groups excluding carboxylic acids is 1. The third-order valence-electron chi connectivity index (χ3n) is 1.72. The van der Waals surface area contributed by atoms with Crippen molar-refractivity contribution in [3.8, 4) is 11.8 Å². The van der Waals surface area contributed by atoms with E-state index in [-0.39, 0.29) is 12.2 Å². The van der Waals surface area contributed by atoms with Crippen LogP contribution in [0.5, 0.6) is 0 Å². The van der Waals surface area contributed by atoms with E-state index >= 15 is 0 Å². The van der Waals surface area contributed by atoms with Crippen molar-refractivity contribution < 1.29 is 19.0 Å². The summed E-state index contributed by atoms with van der Waals surface area (Å²) in [5.74, 6) is 3.39. The van der Waals surface area contributed by atoms with Crippen LogP contribution in [0.1, 0.15) is 11.1 Å². The largest absolute Gasteiger partial charge is 0.459 e. The van der Waals surface area contributed by atoms with Crippen LogP contribution < -0.4 is 0 Å². The monoisotopic (exact) mass is 208 g/mol. The highest BCUT2D eigenvalue weighted by molar-refractivity contribution is 5.88. The lowest BCUT2D eigenvalue weighted by atomic mass is 10.1. The SMILES string of the molecule is COC(=O)C#Cc1ccc(CO)c(F)c1. The van der Waals surface area contributed by atoms with Crippen LogP contribution in [-0.2, 0) is 16.1 Å². The van der Waals surface area contributed by atoms with Gasteiger partial charge in [-0.15, -0.1) is 0 Å². The number of benzene rings is 1. The summed E-state index contributed by atoms with van der Waals surface area (Å²) in [6.45, 7) is -0.365. The van der Waals surface area contributed by atoms with Crippen molar-refractivity contribution in [2.75, 3.05) is 7.11 Å². The molecule has 0 spiro atoms. The minimum Gasteiger partial charge on any atom is -0.459 e. The van der Waals surface area contributed by atoms with Gasteiger partial charge in [0, 0.05) is 17.0 Å². The molecule has 0 saturated carbocycles. The summed E-state index contributed by atoms with van der Waals surface area (Å²) < 4.78 is 17.4. The molecule has 0 aromatic heterocycles. The summed E-state index contributed by atoms with van der Waals surface area (Å²) in [7, 11) is 1.21. The van der Waals surface area contributed by atoms with Gasteiger partial charge in [-0.3, -0.25) is 0 Å². The van der Waals surface area contributed by atoms with Crippen LogP contribution in [0.3, 0.4) is 0 Å². The Morgan fingerprint density at radius 3 is 2.87 bits per heavy atom. The normalized spacial score (nSPS) is 9.00. The van der Waals surface area contributed by atoms with Gasteiger partial charge in [0.25, 0.3) is 0 Å². The van der Waals surface area contributed by atoms with Gasteiger partial charge in [0.15, 0.2) is 0 Å². The van der Waals surface area contributed by atoms with E-state index in [9.17, 15) is 9.18 Å². The number of carbonyl (C=O) groups is 1. The molecule has 3 nitrogen and oxygen atoms in total. The molecule has 4 heteroatoms. The zero-order valence-corrected chi connectivity index (χ0v) is 8.08. The standard InChI is InChI=1S/C11H9FO3/c1-15-11(14)5-3-8-2-4-9(7-13)10(12)6-8/h2,4,6,13H,7H2,1H3. The Hall–Kier alpha value is -1.86. The second kappa shape index (κ2) is 5.13. The fourth-order valence-corrected chi connectivity index (χ4v) is 0.928. The number of esters is 1. The number of halogens is 1. The fourth-order valence-electron chi connectivity index (χ4n) is 0.928. The lowest BCUT2D eigenvalue weighted by Crippen LogP contribution is -1.95. The van der Waals surface area contributed by atoms with Crippen molar-refractivity contribution in [3.05, 3.63) is 35.1 Å². The Labute approximate surface area is 86.5 Å². The van der Waals surface area contributed by atoms with Crippen molar-refractivity contribution in [2.45, 2.75) is 6.61 Å². The van der Waals surface area contributed by atoms with Crippen LogP contribution in [0.2, 0.25) is 0 Å². The van der Waals surface area contributed by atoms with Crippen LogP contribution in [0.4, 0.5) is 4.39 Å². The maximum absolute atomic E-state index is 13.1. The van der Waals surface area contributed by atoms with Crippen molar-refractivity contribution in [3.63, 3.8) is 0 Å². The number of rotatable bonds is 1. The smallest absolute Gasteiger partial charge is 0.384 e. The molecule has 0 fully saturated rings. The minimum absolute atomic E-state index is 0.193. The van der Waals surface area contributed by atoms with Gasteiger partial charge in [0.1, 0.15) is 5.82 Å². The zero-order chi connectivity index (χ0) is 11.3. The molecule has 0 heterocycles. The van der Waals surface area contributed by atoms with E-state index < -0.39 is 11.8 Å². The van der Waals surface area contributed by atoms with Gasteiger partial charge in [-0.2, -0.15) is 0 Å². The predicted octanol–water partition coefficient (Wildman–Crippen LogP) is 0.843. The maximum atomic E-state index is 13.1. The number of aliphatic hydroxyl groups is 1. The van der Waals surface area contributed by atoms with Gasteiger partial charge in [-0.25, -0.2) is 9.18 Å². The first-order chi connectivity index (χ1) is 7.17. The van der Waals surface area contributed by atoms with Gasteiger partial charge in [0.05, 0.1) is 13.7 Å². The molecule has 15 heavy (non-hydrogen) atoms. The van der Waals surface area contributed by atoms with Crippen molar-refractivity contribution in [1.29, 1.82) is 0 Å². The Balaban J connectivity index is 2.92. The summed E-state index contributed by atoms with van der Waals surface area (Å²) in [5, 5.41) is 8.72. The minimum atomic E-state index is -0.679. The first kappa shape index (κ1) is 11.2. The van der Waals surface area contributed by atoms with Crippen LogP contribution >= 0.6 is 0 Å². The van der Waals surface area contributed by atoms with Crippen LogP contribution in [-0.4, -0.2) is 18.2 Å². The quantitative estimate of drug-likeness (QED) is 0.549. The van der Waals surface area contributed by atoms with E-state index in [1.807, 2.05) is 0 Å². The lowest BCUT2D eigenvalue weighted by molar-refractivity contribution is -0.133. The van der Waals surface area contributed by atoms with E-state index in [1.54, 1.807) is 0 Å². The Morgan fingerprint density at radius 2 is 2.33 bits per heavy atom. The Kier molecular flexibility index (Phi) is 3.83. The Morgan fingerprint density at radius 1 is 1.60 bits per heavy atom. The number of ether oxygens (including phenoxy) is 1. The molecule has 0 aliphatic heterocycles. The van der Waals surface area contributed by atoms with E-state index in [2.05, 4.69) is 16.6 Å². The van der Waals surface area contributed by atoms with Crippen LogP contribution in [0.25, 0.3) is 0 Å². The molecular formula is C11H9FO3.